The lowest BCUT2D eigenvalue weighted by Gasteiger charge is -2.27. The van der Waals surface area contributed by atoms with Gasteiger partial charge in [-0.25, -0.2) is 0 Å². The number of Topliss-reactive ketones (excluding diaryl/α,β-unsaturated/α-hetero) is 1. The van der Waals surface area contributed by atoms with E-state index in [9.17, 15) is 4.79 Å². The van der Waals surface area contributed by atoms with Gasteiger partial charge in [-0.3, -0.25) is 4.79 Å². The maximum Gasteiger partial charge on any atom is 0.162 e. The van der Waals surface area contributed by atoms with E-state index in [1.165, 1.54) is 19.3 Å². The molecule has 0 aliphatic heterocycles. The van der Waals surface area contributed by atoms with E-state index in [0.29, 0.717) is 24.2 Å². The van der Waals surface area contributed by atoms with Crippen LogP contribution in [0, 0.1) is 11.8 Å². The first-order valence-electron chi connectivity index (χ1n) is 5.79. The molecule has 1 aliphatic rings. The smallest absolute Gasteiger partial charge is 0.162 e. The molecule has 0 aromatic carbocycles. The molecule has 1 atom stereocenters. The van der Waals surface area contributed by atoms with E-state index in [1.807, 2.05) is 6.92 Å². The Hall–Kier alpha value is -0.370. The van der Waals surface area contributed by atoms with Gasteiger partial charge in [0.2, 0.25) is 0 Å². The summed E-state index contributed by atoms with van der Waals surface area (Å²) in [5.41, 5.74) is 0. The van der Waals surface area contributed by atoms with Crippen LogP contribution in [0.25, 0.3) is 0 Å². The predicted molar refractivity (Wildman–Crippen MR) is 57.2 cm³/mol. The van der Waals surface area contributed by atoms with E-state index in [0.717, 1.165) is 6.42 Å². The number of carbonyl (C=O) groups is 1. The zero-order valence-electron chi connectivity index (χ0n) is 9.58. The Labute approximate surface area is 87.0 Å². The fourth-order valence-electron chi connectivity index (χ4n) is 1.93. The molecule has 0 amide bonds. The van der Waals surface area contributed by atoms with Crippen molar-refractivity contribution in [3.63, 3.8) is 0 Å². The Balaban J connectivity index is 2.36. The summed E-state index contributed by atoms with van der Waals surface area (Å²) in [6.45, 7) is 6.70. The summed E-state index contributed by atoms with van der Waals surface area (Å²) in [7, 11) is 0. The fraction of sp³-hybridized carbons (Fsp3) is 0.917. The largest absolute Gasteiger partial charge is 0.370 e. The second kappa shape index (κ2) is 5.50. The minimum atomic E-state index is -0.166. The van der Waals surface area contributed by atoms with Crippen LogP contribution in [-0.2, 0) is 9.53 Å². The van der Waals surface area contributed by atoms with Crippen molar-refractivity contribution in [1.29, 1.82) is 0 Å². The molecular formula is C12H22O2. The van der Waals surface area contributed by atoms with Crippen LogP contribution in [0.5, 0.6) is 0 Å². The van der Waals surface area contributed by atoms with Crippen molar-refractivity contribution >= 4 is 5.78 Å². The first kappa shape index (κ1) is 11.7. The second-order valence-corrected chi connectivity index (χ2v) is 4.59. The van der Waals surface area contributed by atoms with Gasteiger partial charge >= 0.3 is 0 Å². The normalized spacial score (nSPS) is 19.4. The topological polar surface area (TPSA) is 26.3 Å². The summed E-state index contributed by atoms with van der Waals surface area (Å²) in [5, 5.41) is 0. The standard InChI is InChI=1S/C12H22O2/c1-4-14-12(9(2)3)11(13)8-10-6-5-7-10/h9-10,12H,4-8H2,1-3H3. The zero-order valence-corrected chi connectivity index (χ0v) is 9.58. The number of hydrogen-bond donors (Lipinski definition) is 0. The predicted octanol–water partition coefficient (Wildman–Crippen LogP) is 2.81. The highest BCUT2D eigenvalue weighted by molar-refractivity contribution is 5.83. The van der Waals surface area contributed by atoms with E-state index in [2.05, 4.69) is 13.8 Å². The molecular weight excluding hydrogens is 176 g/mol. The molecule has 2 nitrogen and oxygen atoms in total. The van der Waals surface area contributed by atoms with Gasteiger partial charge in [-0.2, -0.15) is 0 Å². The third-order valence-electron chi connectivity index (χ3n) is 2.98. The molecule has 1 unspecified atom stereocenters. The Morgan fingerprint density at radius 3 is 2.43 bits per heavy atom. The van der Waals surface area contributed by atoms with Crippen LogP contribution in [0.4, 0.5) is 0 Å². The van der Waals surface area contributed by atoms with Crippen molar-refractivity contribution in [2.75, 3.05) is 6.61 Å². The molecule has 0 bridgehead atoms. The molecule has 1 aliphatic carbocycles. The average molecular weight is 198 g/mol. The Morgan fingerprint density at radius 2 is 2.07 bits per heavy atom. The summed E-state index contributed by atoms with van der Waals surface area (Å²) in [6, 6.07) is 0. The van der Waals surface area contributed by atoms with E-state index >= 15 is 0 Å². The average Bonchev–Trinajstić information content (AvgIpc) is 2.06. The van der Waals surface area contributed by atoms with Crippen molar-refractivity contribution < 1.29 is 9.53 Å². The van der Waals surface area contributed by atoms with Gasteiger partial charge in [0.15, 0.2) is 5.78 Å². The lowest BCUT2D eigenvalue weighted by molar-refractivity contribution is -0.134. The van der Waals surface area contributed by atoms with Gasteiger partial charge in [0.25, 0.3) is 0 Å². The summed E-state index contributed by atoms with van der Waals surface area (Å²) in [6.07, 6.45) is 4.35. The minimum Gasteiger partial charge on any atom is -0.370 e. The van der Waals surface area contributed by atoms with Crippen molar-refractivity contribution in [2.24, 2.45) is 11.8 Å². The summed E-state index contributed by atoms with van der Waals surface area (Å²) >= 11 is 0. The molecule has 0 N–H and O–H groups in total. The van der Waals surface area contributed by atoms with Gasteiger partial charge < -0.3 is 4.74 Å². The molecule has 1 rings (SSSR count). The Kier molecular flexibility index (Phi) is 4.59. The summed E-state index contributed by atoms with van der Waals surface area (Å²) in [4.78, 5) is 11.9. The lowest BCUT2D eigenvalue weighted by Crippen LogP contribution is -2.32. The third-order valence-corrected chi connectivity index (χ3v) is 2.98. The van der Waals surface area contributed by atoms with Crippen LogP contribution in [0.2, 0.25) is 0 Å². The monoisotopic (exact) mass is 198 g/mol. The van der Waals surface area contributed by atoms with E-state index in [1.54, 1.807) is 0 Å². The minimum absolute atomic E-state index is 0.166. The summed E-state index contributed by atoms with van der Waals surface area (Å²) in [5.74, 6) is 1.28. The SMILES string of the molecule is CCOC(C(=O)CC1CCC1)C(C)C. The summed E-state index contributed by atoms with van der Waals surface area (Å²) < 4.78 is 5.49. The zero-order chi connectivity index (χ0) is 10.6. The van der Waals surface area contributed by atoms with Gasteiger partial charge in [-0.1, -0.05) is 33.1 Å². The second-order valence-electron chi connectivity index (χ2n) is 4.59. The number of ether oxygens (including phenoxy) is 1. The number of ketones is 1. The molecule has 14 heavy (non-hydrogen) atoms. The molecule has 0 aromatic heterocycles. The first-order valence-corrected chi connectivity index (χ1v) is 5.79. The highest BCUT2D eigenvalue weighted by Crippen LogP contribution is 2.30. The third kappa shape index (κ3) is 3.09. The lowest BCUT2D eigenvalue weighted by atomic mass is 9.80. The van der Waals surface area contributed by atoms with Crippen LogP contribution in [0.1, 0.15) is 46.5 Å². The van der Waals surface area contributed by atoms with Crippen LogP contribution in [0.15, 0.2) is 0 Å². The van der Waals surface area contributed by atoms with Crippen molar-refractivity contribution in [2.45, 2.75) is 52.6 Å². The van der Waals surface area contributed by atoms with Crippen LogP contribution >= 0.6 is 0 Å². The maximum atomic E-state index is 11.9. The number of rotatable bonds is 6. The van der Waals surface area contributed by atoms with Crippen LogP contribution in [0.3, 0.4) is 0 Å². The van der Waals surface area contributed by atoms with E-state index in [-0.39, 0.29) is 6.10 Å². The number of hydrogen-bond acceptors (Lipinski definition) is 2. The molecule has 2 heteroatoms. The molecule has 82 valence electrons. The molecule has 0 spiro atoms. The molecule has 1 saturated carbocycles. The van der Waals surface area contributed by atoms with Crippen molar-refractivity contribution in [3.8, 4) is 0 Å². The van der Waals surface area contributed by atoms with Crippen molar-refractivity contribution in [1.82, 2.24) is 0 Å². The van der Waals surface area contributed by atoms with E-state index in [4.69, 9.17) is 4.74 Å². The quantitative estimate of drug-likeness (QED) is 0.656. The van der Waals surface area contributed by atoms with Gasteiger partial charge in [-0.05, 0) is 18.8 Å². The van der Waals surface area contributed by atoms with Gasteiger partial charge in [0.1, 0.15) is 6.10 Å². The molecule has 0 radical (unpaired) electrons. The molecule has 0 saturated heterocycles. The van der Waals surface area contributed by atoms with Gasteiger partial charge in [0.05, 0.1) is 0 Å². The maximum absolute atomic E-state index is 11.9. The van der Waals surface area contributed by atoms with Crippen LogP contribution < -0.4 is 0 Å². The molecule has 0 heterocycles. The highest BCUT2D eigenvalue weighted by Gasteiger charge is 2.27. The van der Waals surface area contributed by atoms with Crippen molar-refractivity contribution in [3.05, 3.63) is 0 Å². The first-order chi connectivity index (χ1) is 6.65. The van der Waals surface area contributed by atoms with E-state index < -0.39 is 0 Å². The Morgan fingerprint density at radius 1 is 1.43 bits per heavy atom. The number of carbonyl (C=O) groups excluding carboxylic acids is 1. The van der Waals surface area contributed by atoms with Gasteiger partial charge in [0, 0.05) is 13.0 Å². The Bertz CT molecular complexity index is 183. The molecule has 0 aromatic rings. The van der Waals surface area contributed by atoms with Gasteiger partial charge in [-0.15, -0.1) is 0 Å². The molecule has 1 fully saturated rings. The van der Waals surface area contributed by atoms with Crippen LogP contribution in [-0.4, -0.2) is 18.5 Å². The fourth-order valence-corrected chi connectivity index (χ4v) is 1.93. The highest BCUT2D eigenvalue weighted by atomic mass is 16.5.